The van der Waals surface area contributed by atoms with Crippen molar-refractivity contribution in [2.24, 2.45) is 0 Å². The van der Waals surface area contributed by atoms with Crippen molar-refractivity contribution in [3.05, 3.63) is 89.6 Å². The van der Waals surface area contributed by atoms with Gasteiger partial charge in [0.1, 0.15) is 11.5 Å². The van der Waals surface area contributed by atoms with Gasteiger partial charge >= 0.3 is 0 Å². The van der Waals surface area contributed by atoms with Crippen LogP contribution in [0.25, 0.3) is 16.7 Å². The topological polar surface area (TPSA) is 101 Å². The molecule has 1 saturated heterocycles. The molecule has 0 radical (unpaired) electrons. The molecule has 3 aromatic carbocycles. The minimum Gasteiger partial charge on any atom is -0.507 e. The number of amides is 1. The molecule has 174 valence electrons. The predicted octanol–water partition coefficient (Wildman–Crippen LogP) is 4.53. The van der Waals surface area contributed by atoms with E-state index in [0.29, 0.717) is 34.1 Å². The third kappa shape index (κ3) is 3.22. The van der Waals surface area contributed by atoms with E-state index >= 15 is 0 Å². The van der Waals surface area contributed by atoms with Crippen LogP contribution in [0.15, 0.2) is 78.5 Å². The Labute approximate surface area is 200 Å². The molecule has 4 aromatic rings. The lowest BCUT2D eigenvalue weighted by Crippen LogP contribution is -2.29. The summed E-state index contributed by atoms with van der Waals surface area (Å²) in [5.41, 5.74) is 2.40. The molecule has 1 atom stereocenters. The number of hydrogen-bond acceptors (Lipinski definition) is 6. The van der Waals surface area contributed by atoms with Gasteiger partial charge in [0.05, 0.1) is 18.7 Å². The summed E-state index contributed by atoms with van der Waals surface area (Å²) in [6.07, 6.45) is 1.77. The Kier molecular flexibility index (Phi) is 4.74. The van der Waals surface area contributed by atoms with Gasteiger partial charge in [-0.05, 0) is 42.5 Å². The van der Waals surface area contributed by atoms with E-state index in [0.717, 1.165) is 10.9 Å². The number of para-hydroxylation sites is 1. The van der Waals surface area contributed by atoms with Crippen LogP contribution in [0.2, 0.25) is 0 Å². The highest BCUT2D eigenvalue weighted by atomic mass is 16.7. The summed E-state index contributed by atoms with van der Waals surface area (Å²) in [7, 11) is 1.54. The molecule has 0 bridgehead atoms. The summed E-state index contributed by atoms with van der Waals surface area (Å²) in [5.74, 6) is -0.120. The van der Waals surface area contributed by atoms with Crippen molar-refractivity contribution in [3.8, 4) is 17.2 Å². The first-order valence-electron chi connectivity index (χ1n) is 11.0. The number of aliphatic hydroxyl groups excluding tert-OH is 1. The molecule has 3 heterocycles. The first-order chi connectivity index (χ1) is 17.1. The van der Waals surface area contributed by atoms with Gasteiger partial charge in [-0.3, -0.25) is 14.5 Å². The minimum absolute atomic E-state index is 0.00240. The number of fused-ring (bicyclic) bond motifs is 2. The number of carbonyl (C=O) groups is 2. The number of nitrogens with zero attached hydrogens (tertiary/aromatic N) is 1. The normalized spacial score (nSPS) is 18.4. The van der Waals surface area contributed by atoms with Crippen LogP contribution in [-0.2, 0) is 9.59 Å². The second-order valence-corrected chi connectivity index (χ2v) is 8.22. The Morgan fingerprint density at radius 1 is 1.03 bits per heavy atom. The number of ketones is 1. The van der Waals surface area contributed by atoms with Gasteiger partial charge in [-0.2, -0.15) is 0 Å². The highest BCUT2D eigenvalue weighted by Gasteiger charge is 2.48. The fraction of sp³-hybridized carbons (Fsp3) is 0.111. The zero-order valence-electron chi connectivity index (χ0n) is 18.6. The van der Waals surface area contributed by atoms with E-state index < -0.39 is 17.7 Å². The number of Topliss-reactive ketones (excluding diaryl/α,β-unsaturated/α-hetero) is 1. The smallest absolute Gasteiger partial charge is 0.300 e. The largest absolute Gasteiger partial charge is 0.507 e. The van der Waals surface area contributed by atoms with E-state index in [4.69, 9.17) is 14.2 Å². The summed E-state index contributed by atoms with van der Waals surface area (Å²) in [6.45, 7) is 0.0843. The molecule has 0 aliphatic carbocycles. The van der Waals surface area contributed by atoms with Gasteiger partial charge < -0.3 is 24.3 Å². The molecule has 0 saturated carbocycles. The van der Waals surface area contributed by atoms with E-state index in [1.165, 1.54) is 4.90 Å². The lowest BCUT2D eigenvalue weighted by molar-refractivity contribution is -0.132. The number of methoxy groups -OCH3 is 1. The van der Waals surface area contributed by atoms with Crippen LogP contribution in [0.3, 0.4) is 0 Å². The average Bonchev–Trinajstić information content (AvgIpc) is 3.60. The van der Waals surface area contributed by atoms with Crippen molar-refractivity contribution >= 4 is 34.0 Å². The monoisotopic (exact) mass is 468 g/mol. The Balaban J connectivity index is 1.57. The molecule has 0 spiro atoms. The lowest BCUT2D eigenvalue weighted by atomic mass is 9.94. The van der Waals surface area contributed by atoms with Gasteiger partial charge in [-0.15, -0.1) is 0 Å². The predicted molar refractivity (Wildman–Crippen MR) is 129 cm³/mol. The molecule has 1 fully saturated rings. The van der Waals surface area contributed by atoms with Gasteiger partial charge in [0.2, 0.25) is 6.79 Å². The number of nitrogens with one attached hydrogen (secondary N) is 1. The quantitative estimate of drug-likeness (QED) is 0.259. The van der Waals surface area contributed by atoms with Crippen LogP contribution in [0.4, 0.5) is 5.69 Å². The Hall–Kier alpha value is -4.72. The molecule has 1 amide bonds. The van der Waals surface area contributed by atoms with Crippen molar-refractivity contribution in [2.45, 2.75) is 6.04 Å². The Bertz CT molecular complexity index is 1520. The molecule has 2 aliphatic heterocycles. The second-order valence-electron chi connectivity index (χ2n) is 8.22. The fourth-order valence-corrected chi connectivity index (χ4v) is 4.65. The van der Waals surface area contributed by atoms with Crippen molar-refractivity contribution in [3.63, 3.8) is 0 Å². The van der Waals surface area contributed by atoms with Crippen molar-refractivity contribution in [2.75, 3.05) is 18.8 Å². The van der Waals surface area contributed by atoms with Crippen molar-refractivity contribution in [1.29, 1.82) is 0 Å². The number of aromatic amines is 1. The highest BCUT2D eigenvalue weighted by Crippen LogP contribution is 2.46. The fourth-order valence-electron chi connectivity index (χ4n) is 4.65. The van der Waals surface area contributed by atoms with Gasteiger partial charge in [-0.25, -0.2) is 0 Å². The summed E-state index contributed by atoms with van der Waals surface area (Å²) in [6, 6.07) is 18.5. The zero-order chi connectivity index (χ0) is 24.1. The maximum absolute atomic E-state index is 13.4. The highest BCUT2D eigenvalue weighted by molar-refractivity contribution is 6.52. The molecule has 6 rings (SSSR count). The molecular formula is C27H20N2O6. The molecule has 8 heteroatoms. The van der Waals surface area contributed by atoms with E-state index in [9.17, 15) is 14.7 Å². The number of carbonyl (C=O) groups excluding carboxylic acids is 2. The molecule has 1 aromatic heterocycles. The molecule has 2 aliphatic rings. The van der Waals surface area contributed by atoms with Crippen LogP contribution in [-0.4, -0.2) is 35.7 Å². The maximum Gasteiger partial charge on any atom is 0.300 e. The molecular weight excluding hydrogens is 448 g/mol. The summed E-state index contributed by atoms with van der Waals surface area (Å²) in [5, 5.41) is 12.2. The molecule has 35 heavy (non-hydrogen) atoms. The van der Waals surface area contributed by atoms with Gasteiger partial charge in [0, 0.05) is 40.0 Å². The third-order valence-corrected chi connectivity index (χ3v) is 6.36. The Morgan fingerprint density at radius 2 is 1.80 bits per heavy atom. The number of hydrogen-bond donors (Lipinski definition) is 2. The van der Waals surface area contributed by atoms with Crippen LogP contribution in [0.5, 0.6) is 17.2 Å². The van der Waals surface area contributed by atoms with E-state index in [-0.39, 0.29) is 18.1 Å². The number of aliphatic hydroxyl groups is 1. The van der Waals surface area contributed by atoms with Crippen molar-refractivity contribution < 1.29 is 28.9 Å². The summed E-state index contributed by atoms with van der Waals surface area (Å²) >= 11 is 0. The second kappa shape index (κ2) is 7.95. The zero-order valence-corrected chi connectivity index (χ0v) is 18.6. The Morgan fingerprint density at radius 3 is 2.60 bits per heavy atom. The van der Waals surface area contributed by atoms with Crippen LogP contribution in [0, 0.1) is 0 Å². The molecule has 1 unspecified atom stereocenters. The summed E-state index contributed by atoms with van der Waals surface area (Å²) in [4.78, 5) is 31.4. The van der Waals surface area contributed by atoms with Gasteiger partial charge in [0.25, 0.3) is 11.7 Å². The van der Waals surface area contributed by atoms with E-state index in [1.54, 1.807) is 55.8 Å². The number of aromatic nitrogens is 1. The minimum atomic E-state index is -0.867. The number of anilines is 1. The summed E-state index contributed by atoms with van der Waals surface area (Å²) < 4.78 is 16.1. The standard InChI is InChI=1S/C27H20N2O6/c1-33-17-9-6-15(7-10-17)25(30)23-24(19-13-28-20-5-3-2-4-18(19)20)29(27(32)26(23)31)16-8-11-21-22(12-16)35-14-34-21/h2-13,24,28,30H,14H2,1H3/b25-23+. The number of ether oxygens (including phenoxy) is 3. The first-order valence-corrected chi connectivity index (χ1v) is 11.0. The third-order valence-electron chi connectivity index (χ3n) is 6.36. The average molecular weight is 468 g/mol. The van der Waals surface area contributed by atoms with Crippen LogP contribution >= 0.6 is 0 Å². The van der Waals surface area contributed by atoms with Crippen LogP contribution in [0.1, 0.15) is 17.2 Å². The first kappa shape index (κ1) is 20.9. The van der Waals surface area contributed by atoms with Crippen LogP contribution < -0.4 is 19.1 Å². The maximum atomic E-state index is 13.4. The van der Waals surface area contributed by atoms with E-state index in [2.05, 4.69) is 4.98 Å². The number of H-pyrrole nitrogens is 1. The lowest BCUT2D eigenvalue weighted by Gasteiger charge is -2.25. The van der Waals surface area contributed by atoms with Crippen molar-refractivity contribution in [1.82, 2.24) is 4.98 Å². The SMILES string of the molecule is COc1ccc(/C(O)=C2\C(=O)C(=O)N(c3ccc4c(c3)OCO4)C2c2c[nH]c3ccccc23)cc1. The number of benzene rings is 3. The molecule has 2 N–H and O–H groups in total. The van der Waals surface area contributed by atoms with Gasteiger partial charge in [0.15, 0.2) is 11.5 Å². The van der Waals surface area contributed by atoms with Gasteiger partial charge in [-0.1, -0.05) is 18.2 Å². The molecule has 8 nitrogen and oxygen atoms in total. The number of rotatable bonds is 4. The van der Waals surface area contributed by atoms with E-state index in [1.807, 2.05) is 24.3 Å².